The van der Waals surface area contributed by atoms with Crippen LogP contribution in [-0.4, -0.2) is 14.7 Å². The fraction of sp³-hybridized carbons (Fsp3) is 0.364. The summed E-state index contributed by atoms with van der Waals surface area (Å²) in [4.78, 5) is 11.0. The summed E-state index contributed by atoms with van der Waals surface area (Å²) in [6, 6.07) is 0. The fourth-order valence-corrected chi connectivity index (χ4v) is 3.54. The molecule has 0 fully saturated rings. The molecule has 0 aliphatic rings. The molecule has 0 saturated carbocycles. The quantitative estimate of drug-likeness (QED) is 0.456. The molecule has 94 valence electrons. The molecule has 0 spiro atoms. The number of rotatable bonds is 3. The second-order valence-corrected chi connectivity index (χ2v) is 7.74. The molecule has 6 heteroatoms. The van der Waals surface area contributed by atoms with Gasteiger partial charge in [0.2, 0.25) is 9.05 Å². The monoisotopic (exact) mass is 386 g/mol. The van der Waals surface area contributed by atoms with Crippen molar-refractivity contribution < 1.29 is 13.2 Å². The molecule has 0 bridgehead atoms. The molecule has 0 aromatic heterocycles. The first-order chi connectivity index (χ1) is 7.69. The largest absolute Gasteiger partial charge is 0.298 e. The van der Waals surface area contributed by atoms with Crippen molar-refractivity contribution in [3.05, 3.63) is 31.4 Å². The molecule has 0 radical (unpaired) electrons. The van der Waals surface area contributed by atoms with Crippen molar-refractivity contribution in [3.8, 4) is 0 Å². The van der Waals surface area contributed by atoms with Crippen LogP contribution in [-0.2, 0) is 14.8 Å². The van der Waals surface area contributed by atoms with Crippen LogP contribution < -0.4 is 0 Å². The SMILES string of the molecule is Cc1c(I)c(C)c(CS(=O)(=O)Cl)c(C)c1C=O. The molecule has 0 heterocycles. The van der Waals surface area contributed by atoms with Crippen molar-refractivity contribution in [1.29, 1.82) is 0 Å². The normalized spacial score (nSPS) is 11.6. The Bertz CT molecular complexity index is 579. The minimum Gasteiger partial charge on any atom is -0.298 e. The standard InChI is InChI=1S/C11H12ClIO3S/c1-6-9(4-14)7(2)11(13)8(3)10(6)5-17(12,15)16/h4H,5H2,1-3H3. The van der Waals surface area contributed by atoms with E-state index in [0.717, 1.165) is 21.0 Å². The Kier molecular flexibility index (Phi) is 4.60. The van der Waals surface area contributed by atoms with E-state index in [2.05, 4.69) is 22.6 Å². The lowest BCUT2D eigenvalue weighted by atomic mass is 9.95. The van der Waals surface area contributed by atoms with E-state index in [1.807, 2.05) is 13.8 Å². The predicted molar refractivity (Wildman–Crippen MR) is 77.2 cm³/mol. The molecular weight excluding hydrogens is 375 g/mol. The minimum absolute atomic E-state index is 0.247. The first-order valence-electron chi connectivity index (χ1n) is 4.84. The van der Waals surface area contributed by atoms with Gasteiger partial charge in [-0.1, -0.05) is 0 Å². The molecule has 1 aromatic carbocycles. The number of aldehydes is 1. The first kappa shape index (κ1) is 14.9. The van der Waals surface area contributed by atoms with Crippen molar-refractivity contribution in [2.45, 2.75) is 26.5 Å². The van der Waals surface area contributed by atoms with Gasteiger partial charge in [0.25, 0.3) is 0 Å². The Morgan fingerprint density at radius 2 is 1.71 bits per heavy atom. The molecular formula is C11H12ClIO3S. The van der Waals surface area contributed by atoms with Crippen LogP contribution >= 0.6 is 33.3 Å². The first-order valence-corrected chi connectivity index (χ1v) is 8.40. The summed E-state index contributed by atoms with van der Waals surface area (Å²) < 4.78 is 23.3. The Balaban J connectivity index is 3.61. The molecule has 0 N–H and O–H groups in total. The smallest absolute Gasteiger partial charge is 0.236 e. The second kappa shape index (κ2) is 5.24. The second-order valence-electron chi connectivity index (χ2n) is 3.88. The van der Waals surface area contributed by atoms with Crippen LogP contribution in [0.4, 0.5) is 0 Å². The van der Waals surface area contributed by atoms with Crippen LogP contribution in [0.25, 0.3) is 0 Å². The number of carbonyl (C=O) groups excluding carboxylic acids is 1. The third kappa shape index (κ3) is 3.20. The Hall–Kier alpha value is -0.140. The van der Waals surface area contributed by atoms with Crippen LogP contribution in [0.15, 0.2) is 0 Å². The van der Waals surface area contributed by atoms with Gasteiger partial charge in [-0.05, 0) is 65.6 Å². The average molecular weight is 387 g/mol. The highest BCUT2D eigenvalue weighted by atomic mass is 127. The summed E-state index contributed by atoms with van der Waals surface area (Å²) in [6.07, 6.45) is 0.761. The van der Waals surface area contributed by atoms with E-state index in [0.29, 0.717) is 16.7 Å². The van der Waals surface area contributed by atoms with Crippen molar-refractivity contribution in [2.75, 3.05) is 0 Å². The lowest BCUT2D eigenvalue weighted by Crippen LogP contribution is -2.07. The highest BCUT2D eigenvalue weighted by molar-refractivity contribution is 14.1. The van der Waals surface area contributed by atoms with Gasteiger partial charge in [-0.15, -0.1) is 0 Å². The maximum absolute atomic E-state index is 11.2. The zero-order valence-electron chi connectivity index (χ0n) is 9.67. The van der Waals surface area contributed by atoms with Gasteiger partial charge in [0, 0.05) is 19.8 Å². The van der Waals surface area contributed by atoms with Crippen LogP contribution in [0.2, 0.25) is 0 Å². The zero-order valence-corrected chi connectivity index (χ0v) is 13.4. The van der Waals surface area contributed by atoms with Crippen molar-refractivity contribution in [1.82, 2.24) is 0 Å². The summed E-state index contributed by atoms with van der Waals surface area (Å²) in [7, 11) is 1.66. The van der Waals surface area contributed by atoms with Gasteiger partial charge < -0.3 is 0 Å². The zero-order chi connectivity index (χ0) is 13.4. The van der Waals surface area contributed by atoms with Crippen LogP contribution in [0, 0.1) is 24.3 Å². The number of hydrogen-bond acceptors (Lipinski definition) is 3. The van der Waals surface area contributed by atoms with Gasteiger partial charge in [-0.2, -0.15) is 0 Å². The number of benzene rings is 1. The molecule has 0 atom stereocenters. The van der Waals surface area contributed by atoms with Gasteiger partial charge in [0.05, 0.1) is 5.75 Å². The maximum atomic E-state index is 11.2. The Labute approximate surface area is 119 Å². The third-order valence-electron chi connectivity index (χ3n) is 2.81. The Morgan fingerprint density at radius 1 is 1.18 bits per heavy atom. The molecule has 0 unspecified atom stereocenters. The predicted octanol–water partition coefficient (Wildman–Crippen LogP) is 3.10. The molecule has 17 heavy (non-hydrogen) atoms. The lowest BCUT2D eigenvalue weighted by molar-refractivity contribution is 0.112. The molecule has 0 aliphatic carbocycles. The van der Waals surface area contributed by atoms with Crippen molar-refractivity contribution in [3.63, 3.8) is 0 Å². The Morgan fingerprint density at radius 3 is 2.12 bits per heavy atom. The molecule has 3 nitrogen and oxygen atoms in total. The van der Waals surface area contributed by atoms with Gasteiger partial charge in [-0.3, -0.25) is 4.79 Å². The van der Waals surface area contributed by atoms with Gasteiger partial charge in [0.1, 0.15) is 0 Å². The summed E-state index contributed by atoms with van der Waals surface area (Å²) in [6.45, 7) is 5.44. The highest BCUT2D eigenvalue weighted by Crippen LogP contribution is 2.29. The minimum atomic E-state index is -3.62. The van der Waals surface area contributed by atoms with Gasteiger partial charge in [-0.25, -0.2) is 8.42 Å². The highest BCUT2D eigenvalue weighted by Gasteiger charge is 2.19. The van der Waals surface area contributed by atoms with Gasteiger partial charge >= 0.3 is 0 Å². The lowest BCUT2D eigenvalue weighted by Gasteiger charge is -2.15. The van der Waals surface area contributed by atoms with E-state index in [-0.39, 0.29) is 5.75 Å². The van der Waals surface area contributed by atoms with E-state index >= 15 is 0 Å². The fourth-order valence-electron chi connectivity index (χ4n) is 1.82. The molecule has 1 rings (SSSR count). The van der Waals surface area contributed by atoms with E-state index in [1.54, 1.807) is 6.92 Å². The summed E-state index contributed by atoms with van der Waals surface area (Å²) in [5.41, 5.74) is 3.62. The van der Waals surface area contributed by atoms with Crippen molar-refractivity contribution >= 4 is 48.6 Å². The number of hydrogen-bond donors (Lipinski definition) is 0. The van der Waals surface area contributed by atoms with E-state index in [4.69, 9.17) is 10.7 Å². The van der Waals surface area contributed by atoms with Gasteiger partial charge in [0.15, 0.2) is 6.29 Å². The topological polar surface area (TPSA) is 51.2 Å². The summed E-state index contributed by atoms with van der Waals surface area (Å²) in [5.74, 6) is -0.247. The average Bonchev–Trinajstić information content (AvgIpc) is 2.21. The number of halogens is 2. The summed E-state index contributed by atoms with van der Waals surface area (Å²) >= 11 is 2.11. The van der Waals surface area contributed by atoms with E-state index < -0.39 is 9.05 Å². The molecule has 0 amide bonds. The van der Waals surface area contributed by atoms with E-state index in [1.165, 1.54) is 0 Å². The third-order valence-corrected chi connectivity index (χ3v) is 5.39. The summed E-state index contributed by atoms with van der Waals surface area (Å²) in [5, 5.41) is 0. The van der Waals surface area contributed by atoms with Crippen LogP contribution in [0.3, 0.4) is 0 Å². The molecule has 0 saturated heterocycles. The molecule has 0 aliphatic heterocycles. The maximum Gasteiger partial charge on any atom is 0.236 e. The van der Waals surface area contributed by atoms with Crippen molar-refractivity contribution in [2.24, 2.45) is 0 Å². The van der Waals surface area contributed by atoms with Crippen LogP contribution in [0.1, 0.15) is 32.6 Å². The number of carbonyl (C=O) groups is 1. The molecule has 1 aromatic rings. The van der Waals surface area contributed by atoms with E-state index in [9.17, 15) is 13.2 Å². The van der Waals surface area contributed by atoms with Crippen LogP contribution in [0.5, 0.6) is 0 Å².